The number of hydrogen-bond acceptors (Lipinski definition) is 5. The lowest BCUT2D eigenvalue weighted by molar-refractivity contribution is -0.137. The molecule has 1 aliphatic heterocycles. The van der Waals surface area contributed by atoms with E-state index in [2.05, 4.69) is 40.1 Å². The number of unbranched alkanes of at least 4 members (excludes halogenated alkanes) is 1. The molecule has 0 aliphatic carbocycles. The summed E-state index contributed by atoms with van der Waals surface area (Å²) in [6.45, 7) is 4.82. The normalized spacial score (nSPS) is 16.0. The van der Waals surface area contributed by atoms with Gasteiger partial charge in [-0.15, -0.1) is 0 Å². The molecule has 2 amide bonds. The van der Waals surface area contributed by atoms with Gasteiger partial charge in [0, 0.05) is 42.4 Å². The van der Waals surface area contributed by atoms with Gasteiger partial charge in [-0.1, -0.05) is 25.5 Å². The molecule has 0 aromatic heterocycles. The first-order valence-electron chi connectivity index (χ1n) is 12.6. The number of piperazine rings is 1. The second-order valence-electron chi connectivity index (χ2n) is 9.43. The van der Waals surface area contributed by atoms with Gasteiger partial charge in [0.15, 0.2) is 0 Å². The summed E-state index contributed by atoms with van der Waals surface area (Å²) in [4.78, 5) is 28.9. The fraction of sp³-hybridized carbons (Fsp3) is 0.481. The third kappa shape index (κ3) is 9.91. The van der Waals surface area contributed by atoms with Gasteiger partial charge in [-0.2, -0.15) is 0 Å². The fourth-order valence-electron chi connectivity index (χ4n) is 4.35. The van der Waals surface area contributed by atoms with E-state index in [1.165, 1.54) is 12.1 Å². The number of halogens is 3. The summed E-state index contributed by atoms with van der Waals surface area (Å²) in [5.74, 6) is -1.79. The highest BCUT2D eigenvalue weighted by Crippen LogP contribution is 2.13. The van der Waals surface area contributed by atoms with Crippen LogP contribution in [-0.2, 0) is 22.6 Å². The van der Waals surface area contributed by atoms with E-state index in [1.54, 1.807) is 4.90 Å². The van der Waals surface area contributed by atoms with Crippen molar-refractivity contribution in [3.05, 3.63) is 68.8 Å². The maximum Gasteiger partial charge on any atom is 0.236 e. The molecule has 2 aromatic rings. The molecule has 1 heterocycles. The SMILES string of the molecule is CCCCN1CCN(CC(=O)NC(Cc2cc(F)cc(F)c2)C(O)CNCc2cccc(I)c2)CC1=O. The van der Waals surface area contributed by atoms with Crippen LogP contribution in [0.4, 0.5) is 8.78 Å². The second kappa shape index (κ2) is 14.7. The number of benzene rings is 2. The molecule has 3 rings (SSSR count). The lowest BCUT2D eigenvalue weighted by atomic mass is 10.0. The van der Waals surface area contributed by atoms with Gasteiger partial charge in [0.2, 0.25) is 11.8 Å². The third-order valence-electron chi connectivity index (χ3n) is 6.31. The molecule has 1 saturated heterocycles. The summed E-state index contributed by atoms with van der Waals surface area (Å²) in [7, 11) is 0. The van der Waals surface area contributed by atoms with Crippen LogP contribution in [0.5, 0.6) is 0 Å². The Morgan fingerprint density at radius 2 is 1.89 bits per heavy atom. The molecule has 0 spiro atoms. The second-order valence-corrected chi connectivity index (χ2v) is 10.7. The van der Waals surface area contributed by atoms with E-state index < -0.39 is 23.8 Å². The summed E-state index contributed by atoms with van der Waals surface area (Å²) in [6, 6.07) is 10.3. The van der Waals surface area contributed by atoms with Gasteiger partial charge in [-0.3, -0.25) is 14.5 Å². The molecule has 2 atom stereocenters. The predicted octanol–water partition coefficient (Wildman–Crippen LogP) is 2.69. The van der Waals surface area contributed by atoms with Crippen LogP contribution in [0.1, 0.15) is 30.9 Å². The molecule has 0 radical (unpaired) electrons. The van der Waals surface area contributed by atoms with Crippen molar-refractivity contribution >= 4 is 34.4 Å². The first-order chi connectivity index (χ1) is 17.7. The molecule has 1 fully saturated rings. The summed E-state index contributed by atoms with van der Waals surface area (Å²) >= 11 is 2.23. The zero-order valence-corrected chi connectivity index (χ0v) is 23.2. The Kier molecular flexibility index (Phi) is 11.7. The van der Waals surface area contributed by atoms with Crippen molar-refractivity contribution in [1.82, 2.24) is 20.4 Å². The first kappa shape index (κ1) is 29.4. The topological polar surface area (TPSA) is 84.9 Å². The number of nitrogens with one attached hydrogen (secondary N) is 2. The molecular weight excluding hydrogens is 593 g/mol. The zero-order valence-electron chi connectivity index (χ0n) is 21.1. The molecule has 0 bridgehead atoms. The first-order valence-corrected chi connectivity index (χ1v) is 13.7. The summed E-state index contributed by atoms with van der Waals surface area (Å²) in [5.41, 5.74) is 1.38. The minimum absolute atomic E-state index is 0.000839. The van der Waals surface area contributed by atoms with Crippen molar-refractivity contribution < 1.29 is 23.5 Å². The van der Waals surface area contributed by atoms with E-state index >= 15 is 0 Å². The molecule has 3 N–H and O–H groups in total. The summed E-state index contributed by atoms with van der Waals surface area (Å²) in [6.07, 6.45) is 1.000. The number of carbonyl (C=O) groups is 2. The largest absolute Gasteiger partial charge is 0.390 e. The summed E-state index contributed by atoms with van der Waals surface area (Å²) < 4.78 is 28.6. The van der Waals surface area contributed by atoms with E-state index in [9.17, 15) is 23.5 Å². The monoisotopic (exact) mass is 628 g/mol. The van der Waals surface area contributed by atoms with E-state index in [1.807, 2.05) is 29.2 Å². The van der Waals surface area contributed by atoms with Crippen LogP contribution in [0, 0.1) is 15.2 Å². The van der Waals surface area contributed by atoms with Gasteiger partial charge in [0.1, 0.15) is 11.6 Å². The highest BCUT2D eigenvalue weighted by atomic mass is 127. The maximum atomic E-state index is 13.8. The van der Waals surface area contributed by atoms with Crippen LogP contribution in [-0.4, -0.2) is 78.1 Å². The van der Waals surface area contributed by atoms with Crippen LogP contribution in [0.15, 0.2) is 42.5 Å². The van der Waals surface area contributed by atoms with Crippen molar-refractivity contribution in [2.45, 2.75) is 44.9 Å². The van der Waals surface area contributed by atoms with E-state index in [4.69, 9.17) is 0 Å². The molecule has 2 aromatic carbocycles. The molecule has 10 heteroatoms. The number of aliphatic hydroxyl groups is 1. The standard InChI is InChI=1S/C27H35F2IN4O3/c1-2-3-7-34-9-8-33(18-27(34)37)17-26(36)32-24(13-20-10-21(28)14-22(29)11-20)25(35)16-31-15-19-5-4-6-23(30)12-19/h4-6,10-12,14,24-25,31,35H,2-3,7-9,13,15-18H2,1H3,(H,32,36). The smallest absolute Gasteiger partial charge is 0.236 e. The van der Waals surface area contributed by atoms with Crippen LogP contribution in [0.3, 0.4) is 0 Å². The molecule has 2 unspecified atom stereocenters. The third-order valence-corrected chi connectivity index (χ3v) is 6.98. The number of nitrogens with zero attached hydrogens (tertiary/aromatic N) is 2. The van der Waals surface area contributed by atoms with Gasteiger partial charge in [0.05, 0.1) is 25.2 Å². The van der Waals surface area contributed by atoms with Gasteiger partial charge >= 0.3 is 0 Å². The minimum atomic E-state index is -1.01. The van der Waals surface area contributed by atoms with Crippen molar-refractivity contribution in [2.24, 2.45) is 0 Å². The molecule has 7 nitrogen and oxygen atoms in total. The van der Waals surface area contributed by atoms with Crippen LogP contribution < -0.4 is 10.6 Å². The maximum absolute atomic E-state index is 13.8. The Morgan fingerprint density at radius 3 is 2.57 bits per heavy atom. The Labute approximate surface area is 230 Å². The highest BCUT2D eigenvalue weighted by Gasteiger charge is 2.27. The zero-order chi connectivity index (χ0) is 26.8. The molecular formula is C27H35F2IN4O3. The number of hydrogen-bond donors (Lipinski definition) is 3. The van der Waals surface area contributed by atoms with Crippen LogP contribution >= 0.6 is 22.6 Å². The van der Waals surface area contributed by atoms with Crippen molar-refractivity contribution in [1.29, 1.82) is 0 Å². The van der Waals surface area contributed by atoms with Crippen LogP contribution in [0.2, 0.25) is 0 Å². The Bertz CT molecular complexity index is 1040. The Morgan fingerprint density at radius 1 is 1.14 bits per heavy atom. The lowest BCUT2D eigenvalue weighted by Crippen LogP contribution is -2.55. The molecule has 37 heavy (non-hydrogen) atoms. The molecule has 202 valence electrons. The van der Waals surface area contributed by atoms with Gasteiger partial charge in [-0.05, 0) is 70.8 Å². The molecule has 1 aliphatic rings. The van der Waals surface area contributed by atoms with Gasteiger partial charge in [-0.25, -0.2) is 8.78 Å². The Hall–Kier alpha value is -2.15. The van der Waals surface area contributed by atoms with Crippen LogP contribution in [0.25, 0.3) is 0 Å². The van der Waals surface area contributed by atoms with E-state index in [0.717, 1.165) is 34.6 Å². The van der Waals surface area contributed by atoms with Gasteiger partial charge in [0.25, 0.3) is 0 Å². The van der Waals surface area contributed by atoms with Crippen molar-refractivity contribution in [2.75, 3.05) is 39.3 Å². The highest BCUT2D eigenvalue weighted by molar-refractivity contribution is 14.1. The number of carbonyl (C=O) groups excluding carboxylic acids is 2. The Balaban J connectivity index is 1.59. The molecule has 0 saturated carbocycles. The van der Waals surface area contributed by atoms with Gasteiger partial charge < -0.3 is 20.6 Å². The fourth-order valence-corrected chi connectivity index (χ4v) is 4.96. The average molecular weight is 629 g/mol. The summed E-state index contributed by atoms with van der Waals surface area (Å²) in [5, 5.41) is 16.9. The average Bonchev–Trinajstić information content (AvgIpc) is 2.82. The number of aliphatic hydroxyl groups excluding tert-OH is 1. The number of amides is 2. The quantitative estimate of drug-likeness (QED) is 0.298. The minimum Gasteiger partial charge on any atom is -0.390 e. The van der Waals surface area contributed by atoms with Crippen molar-refractivity contribution in [3.8, 4) is 0 Å². The lowest BCUT2D eigenvalue weighted by Gasteiger charge is -2.34. The van der Waals surface area contributed by atoms with Crippen molar-refractivity contribution in [3.63, 3.8) is 0 Å². The number of rotatable bonds is 13. The van der Waals surface area contributed by atoms with E-state index in [0.29, 0.717) is 25.2 Å². The van der Waals surface area contributed by atoms with E-state index in [-0.39, 0.29) is 37.9 Å². The predicted molar refractivity (Wildman–Crippen MR) is 147 cm³/mol.